The van der Waals surface area contributed by atoms with Gasteiger partial charge in [-0.15, -0.1) is 24.0 Å². The number of hydrogen-bond acceptors (Lipinski definition) is 2. The first-order chi connectivity index (χ1) is 9.88. The van der Waals surface area contributed by atoms with Crippen molar-refractivity contribution < 1.29 is 4.74 Å². The molecule has 0 amide bonds. The molecule has 0 bridgehead atoms. The molecule has 0 radical (unpaired) electrons. The van der Waals surface area contributed by atoms with Crippen LogP contribution in [0.25, 0.3) is 0 Å². The molecule has 0 fully saturated rings. The Bertz CT molecular complexity index is 487. The highest BCUT2D eigenvalue weighted by molar-refractivity contribution is 14.0. The lowest BCUT2D eigenvalue weighted by atomic mass is 10.0. The topological polar surface area (TPSA) is 45.7 Å². The SMILES string of the molecule is CN=C(NCCc1ccc(C)cc1C)NCC(C)(C)OC.I. The van der Waals surface area contributed by atoms with E-state index >= 15 is 0 Å². The summed E-state index contributed by atoms with van der Waals surface area (Å²) in [5.74, 6) is 0.810. The smallest absolute Gasteiger partial charge is 0.191 e. The maximum atomic E-state index is 5.39. The van der Waals surface area contributed by atoms with Crippen molar-refractivity contribution in [3.63, 3.8) is 0 Å². The molecule has 0 unspecified atom stereocenters. The van der Waals surface area contributed by atoms with Crippen LogP contribution in [0.15, 0.2) is 23.2 Å². The highest BCUT2D eigenvalue weighted by atomic mass is 127. The largest absolute Gasteiger partial charge is 0.377 e. The number of ether oxygens (including phenoxy) is 1. The lowest BCUT2D eigenvalue weighted by molar-refractivity contribution is 0.0268. The number of aliphatic imine (C=N–C) groups is 1. The number of aryl methyl sites for hydroxylation is 2. The van der Waals surface area contributed by atoms with E-state index in [1.165, 1.54) is 16.7 Å². The quantitative estimate of drug-likeness (QED) is 0.423. The van der Waals surface area contributed by atoms with E-state index in [2.05, 4.69) is 47.7 Å². The van der Waals surface area contributed by atoms with Crippen molar-refractivity contribution >= 4 is 29.9 Å². The van der Waals surface area contributed by atoms with Gasteiger partial charge in [-0.3, -0.25) is 4.99 Å². The van der Waals surface area contributed by atoms with Gasteiger partial charge in [0, 0.05) is 27.2 Å². The number of benzene rings is 1. The van der Waals surface area contributed by atoms with Crippen molar-refractivity contribution in [1.82, 2.24) is 10.6 Å². The number of halogens is 1. The average Bonchev–Trinajstić information content (AvgIpc) is 2.44. The van der Waals surface area contributed by atoms with Gasteiger partial charge in [-0.2, -0.15) is 0 Å². The summed E-state index contributed by atoms with van der Waals surface area (Å²) in [5.41, 5.74) is 3.83. The first kappa shape index (κ1) is 21.2. The van der Waals surface area contributed by atoms with Crippen LogP contribution in [-0.4, -0.2) is 38.8 Å². The minimum absolute atomic E-state index is 0. The van der Waals surface area contributed by atoms with E-state index in [0.717, 1.165) is 18.9 Å². The van der Waals surface area contributed by atoms with Crippen molar-refractivity contribution in [2.24, 2.45) is 4.99 Å². The van der Waals surface area contributed by atoms with E-state index in [-0.39, 0.29) is 29.6 Å². The summed E-state index contributed by atoms with van der Waals surface area (Å²) in [6.07, 6.45) is 0.987. The first-order valence-electron chi connectivity index (χ1n) is 7.44. The van der Waals surface area contributed by atoms with Crippen molar-refractivity contribution in [1.29, 1.82) is 0 Å². The van der Waals surface area contributed by atoms with Crippen molar-refractivity contribution in [3.8, 4) is 0 Å². The monoisotopic (exact) mass is 419 g/mol. The zero-order valence-corrected chi connectivity index (χ0v) is 16.9. The summed E-state index contributed by atoms with van der Waals surface area (Å²) in [6.45, 7) is 9.95. The average molecular weight is 419 g/mol. The zero-order valence-electron chi connectivity index (χ0n) is 14.6. The predicted molar refractivity (Wildman–Crippen MR) is 105 cm³/mol. The summed E-state index contributed by atoms with van der Waals surface area (Å²) in [5, 5.41) is 6.62. The Morgan fingerprint density at radius 1 is 1.23 bits per heavy atom. The molecule has 0 atom stereocenters. The molecule has 4 nitrogen and oxygen atoms in total. The van der Waals surface area contributed by atoms with Gasteiger partial charge in [0.1, 0.15) is 0 Å². The molecule has 0 heterocycles. The number of hydrogen-bond donors (Lipinski definition) is 2. The molecule has 1 aromatic rings. The lowest BCUT2D eigenvalue weighted by Crippen LogP contribution is -2.45. The zero-order chi connectivity index (χ0) is 15.9. The van der Waals surface area contributed by atoms with Crippen LogP contribution in [0.5, 0.6) is 0 Å². The van der Waals surface area contributed by atoms with Crippen molar-refractivity contribution in [3.05, 3.63) is 34.9 Å². The molecule has 0 aromatic heterocycles. The predicted octanol–water partition coefficient (Wildman–Crippen LogP) is 3.05. The normalized spacial score (nSPS) is 11.8. The Morgan fingerprint density at radius 2 is 1.91 bits per heavy atom. The standard InChI is InChI=1S/C17H29N3O.HI/c1-13-7-8-15(14(2)11-13)9-10-19-16(18-5)20-12-17(3,4)21-6;/h7-8,11H,9-10,12H2,1-6H3,(H2,18,19,20);1H. The van der Waals surface area contributed by atoms with Crippen molar-refractivity contribution in [2.75, 3.05) is 27.2 Å². The van der Waals surface area contributed by atoms with Gasteiger partial charge in [-0.05, 0) is 45.2 Å². The van der Waals surface area contributed by atoms with Gasteiger partial charge in [-0.25, -0.2) is 0 Å². The Morgan fingerprint density at radius 3 is 2.45 bits per heavy atom. The fraction of sp³-hybridized carbons (Fsp3) is 0.588. The van der Waals surface area contributed by atoms with E-state index in [0.29, 0.717) is 6.54 Å². The molecule has 5 heteroatoms. The second-order valence-corrected chi connectivity index (χ2v) is 6.00. The Balaban J connectivity index is 0.00000441. The van der Waals surface area contributed by atoms with Crippen LogP contribution in [0.3, 0.4) is 0 Å². The van der Waals surface area contributed by atoms with E-state index in [1.807, 2.05) is 13.8 Å². The summed E-state index contributed by atoms with van der Waals surface area (Å²) in [7, 11) is 3.50. The molecule has 0 saturated heterocycles. The third-order valence-corrected chi connectivity index (χ3v) is 3.64. The molecule has 0 saturated carbocycles. The van der Waals surface area contributed by atoms with Crippen LogP contribution in [0.4, 0.5) is 0 Å². The van der Waals surface area contributed by atoms with Gasteiger partial charge in [0.05, 0.1) is 5.60 Å². The van der Waals surface area contributed by atoms with Crippen molar-refractivity contribution in [2.45, 2.75) is 39.7 Å². The Kier molecular flexibility index (Phi) is 9.67. The van der Waals surface area contributed by atoms with E-state index < -0.39 is 0 Å². The molecular weight excluding hydrogens is 389 g/mol. The summed E-state index contributed by atoms with van der Waals surface area (Å²) in [6, 6.07) is 6.59. The van der Waals surface area contributed by atoms with Gasteiger partial charge < -0.3 is 15.4 Å². The third kappa shape index (κ3) is 7.45. The van der Waals surface area contributed by atoms with Gasteiger partial charge in [-0.1, -0.05) is 23.8 Å². The summed E-state index contributed by atoms with van der Waals surface area (Å²) >= 11 is 0. The van der Waals surface area contributed by atoms with Crippen LogP contribution < -0.4 is 10.6 Å². The fourth-order valence-electron chi connectivity index (χ4n) is 2.03. The van der Waals surface area contributed by atoms with Crippen LogP contribution >= 0.6 is 24.0 Å². The lowest BCUT2D eigenvalue weighted by Gasteiger charge is -2.24. The number of methoxy groups -OCH3 is 1. The minimum atomic E-state index is -0.203. The van der Waals surface area contributed by atoms with Crippen LogP contribution in [0.2, 0.25) is 0 Å². The van der Waals surface area contributed by atoms with Gasteiger partial charge in [0.15, 0.2) is 5.96 Å². The number of guanidine groups is 1. The molecule has 1 aromatic carbocycles. The Hall–Kier alpha value is -0.820. The van der Waals surface area contributed by atoms with Gasteiger partial charge >= 0.3 is 0 Å². The number of rotatable bonds is 6. The van der Waals surface area contributed by atoms with Crippen LogP contribution in [0.1, 0.15) is 30.5 Å². The van der Waals surface area contributed by atoms with E-state index in [1.54, 1.807) is 14.2 Å². The second kappa shape index (κ2) is 10.0. The van der Waals surface area contributed by atoms with Gasteiger partial charge in [0.2, 0.25) is 0 Å². The molecule has 2 N–H and O–H groups in total. The second-order valence-electron chi connectivity index (χ2n) is 6.00. The van der Waals surface area contributed by atoms with Crippen LogP contribution in [-0.2, 0) is 11.2 Å². The molecule has 0 aliphatic carbocycles. The minimum Gasteiger partial charge on any atom is -0.377 e. The molecule has 0 spiro atoms. The van der Waals surface area contributed by atoms with Gasteiger partial charge in [0.25, 0.3) is 0 Å². The maximum Gasteiger partial charge on any atom is 0.191 e. The van der Waals surface area contributed by atoms with E-state index in [4.69, 9.17) is 4.74 Å². The number of nitrogens with one attached hydrogen (secondary N) is 2. The highest BCUT2D eigenvalue weighted by Gasteiger charge is 2.16. The molecule has 1 rings (SSSR count). The molecular formula is C17H30IN3O. The third-order valence-electron chi connectivity index (χ3n) is 3.64. The molecule has 0 aliphatic heterocycles. The highest BCUT2D eigenvalue weighted by Crippen LogP contribution is 2.10. The first-order valence-corrected chi connectivity index (χ1v) is 7.44. The molecule has 126 valence electrons. The Labute approximate surface area is 152 Å². The molecule has 0 aliphatic rings. The van der Waals surface area contributed by atoms with Crippen LogP contribution in [0, 0.1) is 13.8 Å². The maximum absolute atomic E-state index is 5.39. The fourth-order valence-corrected chi connectivity index (χ4v) is 2.03. The van der Waals surface area contributed by atoms with E-state index in [9.17, 15) is 0 Å². The number of nitrogens with zero attached hydrogens (tertiary/aromatic N) is 1. The summed E-state index contributed by atoms with van der Waals surface area (Å²) in [4.78, 5) is 4.23. The molecule has 22 heavy (non-hydrogen) atoms. The summed E-state index contributed by atoms with van der Waals surface area (Å²) < 4.78 is 5.39.